The predicted molar refractivity (Wildman–Crippen MR) is 69.0 cm³/mol. The number of carbonyl (C=O) groups is 1. The van der Waals surface area contributed by atoms with Crippen molar-refractivity contribution in [1.82, 2.24) is 4.90 Å². The standard InChI is InChI=1S/C14H14F6N2O/c15-13(16,17)10-4-2-1-3-8(10)5-22-6-9(12(21)23)11(7-22)14(18,19)20/h1-4,9,11H,5-7H2,(H2,21,23)/t9-,11-/m1/s1. The Morgan fingerprint density at radius 2 is 1.74 bits per heavy atom. The summed E-state index contributed by atoms with van der Waals surface area (Å²) < 4.78 is 77.6. The Kier molecular flexibility index (Phi) is 4.61. The molecule has 0 spiro atoms. The van der Waals surface area contributed by atoms with Gasteiger partial charge in [0.25, 0.3) is 0 Å². The highest BCUT2D eigenvalue weighted by molar-refractivity contribution is 5.77. The molecule has 1 heterocycles. The lowest BCUT2D eigenvalue weighted by molar-refractivity contribution is -0.182. The summed E-state index contributed by atoms with van der Waals surface area (Å²) in [5.41, 5.74) is 3.96. The third kappa shape index (κ3) is 3.95. The zero-order valence-corrected chi connectivity index (χ0v) is 11.8. The molecule has 1 aromatic rings. The number of likely N-dealkylation sites (tertiary alicyclic amines) is 1. The largest absolute Gasteiger partial charge is 0.416 e. The van der Waals surface area contributed by atoms with E-state index in [1.165, 1.54) is 23.1 Å². The van der Waals surface area contributed by atoms with Crippen LogP contribution in [0.4, 0.5) is 26.3 Å². The highest BCUT2D eigenvalue weighted by Gasteiger charge is 2.51. The first-order chi connectivity index (χ1) is 10.5. The minimum atomic E-state index is -4.63. The molecule has 1 amide bonds. The second-order valence-corrected chi connectivity index (χ2v) is 5.51. The predicted octanol–water partition coefficient (Wildman–Crippen LogP) is 2.80. The Morgan fingerprint density at radius 3 is 2.22 bits per heavy atom. The van der Waals surface area contributed by atoms with E-state index in [0.717, 1.165) is 6.07 Å². The van der Waals surface area contributed by atoms with Gasteiger partial charge in [0.2, 0.25) is 5.91 Å². The maximum atomic E-state index is 12.9. The van der Waals surface area contributed by atoms with E-state index in [1.54, 1.807) is 0 Å². The summed E-state index contributed by atoms with van der Waals surface area (Å²) in [5.74, 6) is -4.51. The molecule has 1 aliphatic rings. The van der Waals surface area contributed by atoms with Crippen molar-refractivity contribution in [3.63, 3.8) is 0 Å². The molecule has 1 aliphatic heterocycles. The van der Waals surface area contributed by atoms with Gasteiger partial charge in [-0.1, -0.05) is 18.2 Å². The van der Waals surface area contributed by atoms with Gasteiger partial charge in [0.1, 0.15) is 0 Å². The number of amides is 1. The molecule has 128 valence electrons. The van der Waals surface area contributed by atoms with Crippen LogP contribution in [0, 0.1) is 11.8 Å². The van der Waals surface area contributed by atoms with Gasteiger partial charge < -0.3 is 5.73 Å². The molecule has 2 N–H and O–H groups in total. The fourth-order valence-electron chi connectivity index (χ4n) is 2.81. The van der Waals surface area contributed by atoms with Crippen LogP contribution in [0.15, 0.2) is 24.3 Å². The number of hydrogen-bond acceptors (Lipinski definition) is 2. The molecule has 1 saturated heterocycles. The maximum Gasteiger partial charge on any atom is 0.416 e. The number of nitrogens with zero attached hydrogens (tertiary/aromatic N) is 1. The third-order valence-corrected chi connectivity index (χ3v) is 3.90. The second kappa shape index (κ2) is 6.03. The van der Waals surface area contributed by atoms with Gasteiger partial charge in [-0.3, -0.25) is 9.69 Å². The van der Waals surface area contributed by atoms with Crippen LogP contribution in [0.2, 0.25) is 0 Å². The van der Waals surface area contributed by atoms with Gasteiger partial charge in [-0.15, -0.1) is 0 Å². The van der Waals surface area contributed by atoms with Crippen molar-refractivity contribution in [2.75, 3.05) is 13.1 Å². The van der Waals surface area contributed by atoms with Crippen LogP contribution < -0.4 is 5.73 Å². The van der Waals surface area contributed by atoms with Crippen molar-refractivity contribution in [1.29, 1.82) is 0 Å². The minimum absolute atomic E-state index is 0.133. The average Bonchev–Trinajstić information content (AvgIpc) is 2.82. The van der Waals surface area contributed by atoms with Gasteiger partial charge in [0.15, 0.2) is 0 Å². The molecular formula is C14H14F6N2O. The van der Waals surface area contributed by atoms with Crippen LogP contribution >= 0.6 is 0 Å². The Hall–Kier alpha value is -1.77. The van der Waals surface area contributed by atoms with E-state index in [4.69, 9.17) is 5.73 Å². The number of hydrogen-bond donors (Lipinski definition) is 1. The fourth-order valence-corrected chi connectivity index (χ4v) is 2.81. The number of rotatable bonds is 3. The quantitative estimate of drug-likeness (QED) is 0.860. The number of halogens is 6. The number of nitrogens with two attached hydrogens (primary N) is 1. The Bertz CT molecular complexity index is 583. The average molecular weight is 340 g/mol. The highest BCUT2D eigenvalue weighted by atomic mass is 19.4. The lowest BCUT2D eigenvalue weighted by Crippen LogP contribution is -2.37. The molecule has 3 nitrogen and oxygen atoms in total. The van der Waals surface area contributed by atoms with E-state index in [1.807, 2.05) is 0 Å². The van der Waals surface area contributed by atoms with Gasteiger partial charge in [-0.2, -0.15) is 26.3 Å². The molecule has 0 aromatic heterocycles. The zero-order valence-electron chi connectivity index (χ0n) is 11.8. The molecule has 0 saturated carbocycles. The van der Waals surface area contributed by atoms with Crippen LogP contribution in [0.1, 0.15) is 11.1 Å². The van der Waals surface area contributed by atoms with E-state index in [9.17, 15) is 31.1 Å². The maximum absolute atomic E-state index is 12.9. The molecule has 2 atom stereocenters. The van der Waals surface area contributed by atoms with E-state index >= 15 is 0 Å². The van der Waals surface area contributed by atoms with Crippen LogP contribution in [0.25, 0.3) is 0 Å². The molecule has 9 heteroatoms. The van der Waals surface area contributed by atoms with Crippen molar-refractivity contribution >= 4 is 5.91 Å². The number of benzene rings is 1. The van der Waals surface area contributed by atoms with Crippen molar-refractivity contribution in [3.05, 3.63) is 35.4 Å². The first kappa shape index (κ1) is 17.6. The van der Waals surface area contributed by atoms with Gasteiger partial charge in [-0.25, -0.2) is 0 Å². The Balaban J connectivity index is 2.21. The first-order valence-electron chi connectivity index (χ1n) is 6.73. The molecule has 0 bridgehead atoms. The minimum Gasteiger partial charge on any atom is -0.369 e. The third-order valence-electron chi connectivity index (χ3n) is 3.90. The van der Waals surface area contributed by atoms with Gasteiger partial charge in [0.05, 0.1) is 17.4 Å². The molecular weight excluding hydrogens is 326 g/mol. The van der Waals surface area contributed by atoms with Gasteiger partial charge in [0, 0.05) is 19.6 Å². The molecule has 0 unspecified atom stereocenters. The second-order valence-electron chi connectivity index (χ2n) is 5.51. The van der Waals surface area contributed by atoms with Crippen molar-refractivity contribution in [2.24, 2.45) is 17.6 Å². The van der Waals surface area contributed by atoms with Crippen LogP contribution in [0.3, 0.4) is 0 Å². The Morgan fingerprint density at radius 1 is 1.13 bits per heavy atom. The molecule has 0 aliphatic carbocycles. The summed E-state index contributed by atoms with van der Waals surface area (Å²) in [6.45, 7) is -1.19. The summed E-state index contributed by atoms with van der Waals surface area (Å²) in [4.78, 5) is 12.4. The summed E-state index contributed by atoms with van der Waals surface area (Å²) >= 11 is 0. The summed E-state index contributed by atoms with van der Waals surface area (Å²) in [7, 11) is 0. The molecule has 23 heavy (non-hydrogen) atoms. The zero-order chi connectivity index (χ0) is 17.4. The smallest absolute Gasteiger partial charge is 0.369 e. The van der Waals surface area contributed by atoms with Gasteiger partial charge in [-0.05, 0) is 11.6 Å². The first-order valence-corrected chi connectivity index (χ1v) is 6.73. The monoisotopic (exact) mass is 340 g/mol. The van der Waals surface area contributed by atoms with E-state index in [2.05, 4.69) is 0 Å². The van der Waals surface area contributed by atoms with E-state index in [0.29, 0.717) is 0 Å². The van der Waals surface area contributed by atoms with Crippen molar-refractivity contribution in [2.45, 2.75) is 18.9 Å². The Labute approximate surface area is 128 Å². The summed E-state index contributed by atoms with van der Waals surface area (Å²) in [6.07, 6.45) is -9.22. The lowest BCUT2D eigenvalue weighted by Gasteiger charge is -2.20. The van der Waals surface area contributed by atoms with Crippen molar-refractivity contribution < 1.29 is 31.1 Å². The number of primary amides is 1. The van der Waals surface area contributed by atoms with E-state index < -0.39 is 42.2 Å². The van der Waals surface area contributed by atoms with Crippen molar-refractivity contribution in [3.8, 4) is 0 Å². The van der Waals surface area contributed by atoms with Crippen LogP contribution in [-0.2, 0) is 17.5 Å². The summed E-state index contributed by atoms with van der Waals surface area (Å²) in [5, 5.41) is 0. The molecule has 2 rings (SSSR count). The van der Waals surface area contributed by atoms with Crippen LogP contribution in [-0.4, -0.2) is 30.1 Å². The SMILES string of the molecule is NC(=O)[C@@H]1CN(Cc2ccccc2C(F)(F)F)C[C@H]1C(F)(F)F. The highest BCUT2D eigenvalue weighted by Crippen LogP contribution is 2.39. The topological polar surface area (TPSA) is 46.3 Å². The molecule has 1 aromatic carbocycles. The normalized spacial score (nSPS) is 23.2. The van der Waals surface area contributed by atoms with Gasteiger partial charge >= 0.3 is 12.4 Å². The molecule has 0 radical (unpaired) electrons. The van der Waals surface area contributed by atoms with E-state index in [-0.39, 0.29) is 18.7 Å². The summed E-state index contributed by atoms with van der Waals surface area (Å²) in [6, 6.07) is 4.68. The molecule has 1 fully saturated rings. The number of carbonyl (C=O) groups excluding carboxylic acids is 1. The van der Waals surface area contributed by atoms with Crippen LogP contribution in [0.5, 0.6) is 0 Å². The fraction of sp³-hybridized carbons (Fsp3) is 0.500. The lowest BCUT2D eigenvalue weighted by atomic mass is 9.95. The number of alkyl halides is 6.